The highest BCUT2D eigenvalue weighted by Gasteiger charge is 2.15. The second-order valence-electron chi connectivity index (χ2n) is 5.35. The van der Waals surface area contributed by atoms with Crippen molar-refractivity contribution in [2.24, 2.45) is 0 Å². The zero-order valence-corrected chi connectivity index (χ0v) is 14.2. The number of hydrogen-bond acceptors (Lipinski definition) is 6. The van der Waals surface area contributed by atoms with Crippen molar-refractivity contribution < 1.29 is 20.1 Å². The molecule has 0 saturated heterocycles. The minimum Gasteiger partial charge on any atom is -0.508 e. The molecule has 25 heavy (non-hydrogen) atoms. The van der Waals surface area contributed by atoms with Crippen molar-refractivity contribution in [2.75, 3.05) is 5.32 Å². The number of thiazole rings is 1. The first-order chi connectivity index (χ1) is 12.0. The molecule has 1 heterocycles. The summed E-state index contributed by atoms with van der Waals surface area (Å²) in [5, 5.41) is 31.4. The Balaban J connectivity index is 1.86. The van der Waals surface area contributed by atoms with E-state index in [-0.39, 0.29) is 22.8 Å². The van der Waals surface area contributed by atoms with E-state index in [1.165, 1.54) is 29.5 Å². The van der Waals surface area contributed by atoms with Crippen LogP contribution < -0.4 is 5.32 Å². The standard InChI is InChI=1S/C18H16N2O4S/c1-2-15-16(10-3-6-12(21)7-4-10)19-18(25-15)20-17(24)11-5-8-13(22)14(23)9-11/h3-9,21-23H,2H2,1H3,(H,19,20,24). The predicted octanol–water partition coefficient (Wildman–Crippen LogP) is 3.74. The third-order valence-electron chi connectivity index (χ3n) is 3.62. The van der Waals surface area contributed by atoms with Gasteiger partial charge >= 0.3 is 0 Å². The lowest BCUT2D eigenvalue weighted by molar-refractivity contribution is 0.102. The summed E-state index contributed by atoms with van der Waals surface area (Å²) in [5.41, 5.74) is 1.83. The van der Waals surface area contributed by atoms with Crippen LogP contribution in [0.15, 0.2) is 42.5 Å². The second-order valence-corrected chi connectivity index (χ2v) is 6.43. The molecule has 4 N–H and O–H groups in total. The van der Waals surface area contributed by atoms with Crippen molar-refractivity contribution in [1.29, 1.82) is 0 Å². The van der Waals surface area contributed by atoms with Gasteiger partial charge in [-0.3, -0.25) is 10.1 Å². The van der Waals surface area contributed by atoms with Crippen molar-refractivity contribution in [3.63, 3.8) is 0 Å². The van der Waals surface area contributed by atoms with Crippen LogP contribution in [-0.2, 0) is 6.42 Å². The van der Waals surface area contributed by atoms with E-state index in [9.17, 15) is 20.1 Å². The number of hydrogen-bond donors (Lipinski definition) is 4. The van der Waals surface area contributed by atoms with Crippen molar-refractivity contribution in [3.8, 4) is 28.5 Å². The van der Waals surface area contributed by atoms with Gasteiger partial charge in [0.1, 0.15) is 5.75 Å². The normalized spacial score (nSPS) is 10.6. The molecule has 0 atom stereocenters. The van der Waals surface area contributed by atoms with Crippen LogP contribution in [0, 0.1) is 0 Å². The van der Waals surface area contributed by atoms with E-state index in [1.807, 2.05) is 6.92 Å². The number of amides is 1. The average molecular weight is 356 g/mol. The van der Waals surface area contributed by atoms with Crippen LogP contribution in [0.3, 0.4) is 0 Å². The Kier molecular flexibility index (Phi) is 4.58. The van der Waals surface area contributed by atoms with E-state index in [0.717, 1.165) is 22.6 Å². The number of phenols is 3. The Bertz CT molecular complexity index is 919. The summed E-state index contributed by atoms with van der Waals surface area (Å²) in [7, 11) is 0. The van der Waals surface area contributed by atoms with Crippen LogP contribution in [0.5, 0.6) is 17.2 Å². The second kappa shape index (κ2) is 6.82. The van der Waals surface area contributed by atoms with E-state index in [4.69, 9.17) is 0 Å². The molecule has 0 radical (unpaired) electrons. The summed E-state index contributed by atoms with van der Waals surface area (Å²) in [5.74, 6) is -0.888. The molecule has 0 spiro atoms. The summed E-state index contributed by atoms with van der Waals surface area (Å²) in [4.78, 5) is 17.8. The fourth-order valence-corrected chi connectivity index (χ4v) is 3.24. The number of carbonyl (C=O) groups excluding carboxylic acids is 1. The van der Waals surface area contributed by atoms with Gasteiger partial charge in [-0.15, -0.1) is 11.3 Å². The van der Waals surface area contributed by atoms with Crippen LogP contribution in [0.4, 0.5) is 5.13 Å². The third kappa shape index (κ3) is 3.56. The quantitative estimate of drug-likeness (QED) is 0.533. The van der Waals surface area contributed by atoms with Gasteiger partial charge in [-0.05, 0) is 48.9 Å². The molecular formula is C18H16N2O4S. The first-order valence-electron chi connectivity index (χ1n) is 7.60. The molecule has 2 aromatic carbocycles. The maximum absolute atomic E-state index is 12.3. The van der Waals surface area contributed by atoms with Crippen molar-refractivity contribution >= 4 is 22.4 Å². The molecular weight excluding hydrogens is 340 g/mol. The van der Waals surface area contributed by atoms with Gasteiger partial charge in [0.15, 0.2) is 16.6 Å². The first-order valence-corrected chi connectivity index (χ1v) is 8.42. The van der Waals surface area contributed by atoms with Crippen LogP contribution in [-0.4, -0.2) is 26.2 Å². The van der Waals surface area contributed by atoms with Gasteiger partial charge in [0, 0.05) is 16.0 Å². The number of nitrogens with one attached hydrogen (secondary N) is 1. The molecule has 3 rings (SSSR count). The molecule has 1 aromatic heterocycles. The maximum atomic E-state index is 12.3. The van der Waals surface area contributed by atoms with Gasteiger partial charge in [-0.25, -0.2) is 4.98 Å². The smallest absolute Gasteiger partial charge is 0.257 e. The molecule has 1 amide bonds. The molecule has 0 aliphatic heterocycles. The lowest BCUT2D eigenvalue weighted by Crippen LogP contribution is -2.11. The Hall–Kier alpha value is -3.06. The van der Waals surface area contributed by atoms with E-state index < -0.39 is 5.91 Å². The van der Waals surface area contributed by atoms with E-state index in [1.54, 1.807) is 24.3 Å². The molecule has 0 bridgehead atoms. The van der Waals surface area contributed by atoms with Crippen molar-refractivity contribution in [2.45, 2.75) is 13.3 Å². The summed E-state index contributed by atoms with van der Waals surface area (Å²) in [6.07, 6.45) is 0.754. The summed E-state index contributed by atoms with van der Waals surface area (Å²) in [6, 6.07) is 10.6. The molecule has 0 saturated carbocycles. The van der Waals surface area contributed by atoms with Crippen molar-refractivity contribution in [3.05, 3.63) is 52.9 Å². The molecule has 7 heteroatoms. The van der Waals surface area contributed by atoms with Crippen LogP contribution in [0.25, 0.3) is 11.3 Å². The number of carbonyl (C=O) groups is 1. The monoisotopic (exact) mass is 356 g/mol. The third-order valence-corrected chi connectivity index (χ3v) is 4.73. The van der Waals surface area contributed by atoms with Gasteiger partial charge < -0.3 is 15.3 Å². The number of anilines is 1. The fourth-order valence-electron chi connectivity index (χ4n) is 2.32. The maximum Gasteiger partial charge on any atom is 0.257 e. The highest BCUT2D eigenvalue weighted by Crippen LogP contribution is 2.33. The van der Waals surface area contributed by atoms with Gasteiger partial charge in [0.05, 0.1) is 5.69 Å². The molecule has 0 unspecified atom stereocenters. The Morgan fingerprint density at radius 3 is 2.44 bits per heavy atom. The molecule has 6 nitrogen and oxygen atoms in total. The number of aryl methyl sites for hydroxylation is 1. The fraction of sp³-hybridized carbons (Fsp3) is 0.111. The topological polar surface area (TPSA) is 103 Å². The Morgan fingerprint density at radius 1 is 1.08 bits per heavy atom. The molecule has 0 fully saturated rings. The zero-order valence-electron chi connectivity index (χ0n) is 13.4. The number of nitrogens with zero attached hydrogens (tertiary/aromatic N) is 1. The van der Waals surface area contributed by atoms with Gasteiger partial charge in [-0.1, -0.05) is 6.92 Å². The number of aromatic hydroxyl groups is 3. The number of phenolic OH excluding ortho intramolecular Hbond substituents is 3. The minimum absolute atomic E-state index is 0.178. The number of rotatable bonds is 4. The summed E-state index contributed by atoms with van der Waals surface area (Å²) in [6.45, 7) is 2.00. The lowest BCUT2D eigenvalue weighted by Gasteiger charge is -2.03. The number of benzene rings is 2. The van der Waals surface area contributed by atoms with Crippen LogP contribution in [0.2, 0.25) is 0 Å². The lowest BCUT2D eigenvalue weighted by atomic mass is 10.1. The van der Waals surface area contributed by atoms with Gasteiger partial charge in [-0.2, -0.15) is 0 Å². The van der Waals surface area contributed by atoms with Gasteiger partial charge in [0.25, 0.3) is 5.91 Å². The largest absolute Gasteiger partial charge is 0.508 e. The van der Waals surface area contributed by atoms with Crippen LogP contribution in [0.1, 0.15) is 22.2 Å². The molecule has 128 valence electrons. The minimum atomic E-state index is -0.427. The summed E-state index contributed by atoms with van der Waals surface area (Å²) >= 11 is 1.37. The Labute approximate surface area is 148 Å². The van der Waals surface area contributed by atoms with E-state index >= 15 is 0 Å². The van der Waals surface area contributed by atoms with Crippen molar-refractivity contribution in [1.82, 2.24) is 4.98 Å². The molecule has 0 aliphatic rings. The van der Waals surface area contributed by atoms with Gasteiger partial charge in [0.2, 0.25) is 0 Å². The molecule has 0 aliphatic carbocycles. The Morgan fingerprint density at radius 2 is 1.80 bits per heavy atom. The SMILES string of the molecule is CCc1sc(NC(=O)c2ccc(O)c(O)c2)nc1-c1ccc(O)cc1. The molecule has 3 aromatic rings. The first kappa shape index (κ1) is 16.8. The highest BCUT2D eigenvalue weighted by molar-refractivity contribution is 7.16. The predicted molar refractivity (Wildman–Crippen MR) is 96.3 cm³/mol. The van der Waals surface area contributed by atoms with E-state index in [2.05, 4.69) is 10.3 Å². The average Bonchev–Trinajstić information content (AvgIpc) is 3.00. The highest BCUT2D eigenvalue weighted by atomic mass is 32.1. The zero-order chi connectivity index (χ0) is 18.0. The summed E-state index contributed by atoms with van der Waals surface area (Å²) < 4.78 is 0. The van der Waals surface area contributed by atoms with Crippen LogP contribution >= 0.6 is 11.3 Å². The number of aromatic nitrogens is 1. The van der Waals surface area contributed by atoms with E-state index in [0.29, 0.717) is 5.13 Å².